The van der Waals surface area contributed by atoms with E-state index < -0.39 is 0 Å². The van der Waals surface area contributed by atoms with E-state index in [0.29, 0.717) is 6.04 Å². The molecule has 1 atom stereocenters. The average Bonchev–Trinajstić information content (AvgIpc) is 2.38. The van der Waals surface area contributed by atoms with Crippen LogP contribution in [0.3, 0.4) is 0 Å². The largest absolute Gasteiger partial charge is 0.357 e. The number of nitrogens with one attached hydrogen (secondary N) is 2. The van der Waals surface area contributed by atoms with E-state index >= 15 is 0 Å². The van der Waals surface area contributed by atoms with E-state index in [4.69, 9.17) is 0 Å². The molecule has 0 fully saturated rings. The molecule has 0 aliphatic carbocycles. The lowest BCUT2D eigenvalue weighted by Crippen LogP contribution is -2.42. The monoisotopic (exact) mass is 384 g/mol. The minimum atomic E-state index is 0. The predicted octanol–water partition coefficient (Wildman–Crippen LogP) is 2.69. The Hall–Kier alpha value is -0.0400. The zero-order chi connectivity index (χ0) is 13.8. The molecule has 0 bridgehead atoms. The molecule has 19 heavy (non-hydrogen) atoms. The molecule has 0 amide bonds. The number of rotatable bonds is 9. The van der Waals surface area contributed by atoms with Crippen molar-refractivity contribution in [1.82, 2.24) is 15.5 Å². The molecule has 5 heteroatoms. The van der Waals surface area contributed by atoms with Crippen molar-refractivity contribution in [2.24, 2.45) is 4.99 Å². The first-order valence-electron chi connectivity index (χ1n) is 7.44. The van der Waals surface area contributed by atoms with E-state index in [0.717, 1.165) is 51.5 Å². The number of aliphatic imine (C=N–C) groups is 1. The van der Waals surface area contributed by atoms with Crippen molar-refractivity contribution in [3.8, 4) is 0 Å². The third kappa shape index (κ3) is 11.5. The molecule has 0 aliphatic heterocycles. The van der Waals surface area contributed by atoms with Crippen LogP contribution >= 0.6 is 24.0 Å². The van der Waals surface area contributed by atoms with Crippen LogP contribution in [-0.4, -0.2) is 49.6 Å². The van der Waals surface area contributed by atoms with Gasteiger partial charge in [0.2, 0.25) is 0 Å². The maximum atomic E-state index is 4.61. The summed E-state index contributed by atoms with van der Waals surface area (Å²) in [6.07, 6.45) is 2.24. The van der Waals surface area contributed by atoms with Gasteiger partial charge in [-0.05, 0) is 46.3 Å². The van der Waals surface area contributed by atoms with Gasteiger partial charge in [0.05, 0.1) is 0 Å². The molecule has 0 rings (SSSR count). The summed E-state index contributed by atoms with van der Waals surface area (Å²) in [4.78, 5) is 7.04. The van der Waals surface area contributed by atoms with Crippen molar-refractivity contribution in [1.29, 1.82) is 0 Å². The molecule has 4 nitrogen and oxygen atoms in total. The Balaban J connectivity index is 0. The summed E-state index contributed by atoms with van der Waals surface area (Å²) in [5.74, 6) is 0.950. The van der Waals surface area contributed by atoms with E-state index in [-0.39, 0.29) is 24.0 Å². The maximum absolute atomic E-state index is 4.61. The lowest BCUT2D eigenvalue weighted by Gasteiger charge is -2.18. The van der Waals surface area contributed by atoms with Crippen molar-refractivity contribution >= 4 is 29.9 Å². The average molecular weight is 384 g/mol. The zero-order valence-electron chi connectivity index (χ0n) is 13.3. The third-order valence-electron chi connectivity index (χ3n) is 3.14. The first-order valence-corrected chi connectivity index (χ1v) is 7.44. The zero-order valence-corrected chi connectivity index (χ0v) is 15.7. The first kappa shape index (κ1) is 21.3. The second kappa shape index (κ2) is 14.4. The van der Waals surface area contributed by atoms with Crippen LogP contribution < -0.4 is 10.6 Å². The van der Waals surface area contributed by atoms with Crippen molar-refractivity contribution in [3.05, 3.63) is 0 Å². The van der Waals surface area contributed by atoms with Crippen molar-refractivity contribution in [3.63, 3.8) is 0 Å². The number of guanidine groups is 1. The number of hydrogen-bond donors (Lipinski definition) is 2. The second-order valence-electron chi connectivity index (χ2n) is 4.59. The van der Waals surface area contributed by atoms with Crippen molar-refractivity contribution in [2.75, 3.05) is 32.7 Å². The minimum absolute atomic E-state index is 0. The van der Waals surface area contributed by atoms with Crippen LogP contribution in [0.15, 0.2) is 4.99 Å². The van der Waals surface area contributed by atoms with Crippen LogP contribution in [0.5, 0.6) is 0 Å². The molecule has 0 aromatic heterocycles. The predicted molar refractivity (Wildman–Crippen MR) is 96.7 cm³/mol. The standard InChI is InChI=1S/C14H32N4.HI/c1-6-13(5)17-14(15-7-2)16-11-10-12-18(8-3)9-4;/h13H,6-12H2,1-5H3,(H2,15,16,17);1H. The fourth-order valence-electron chi connectivity index (χ4n) is 1.68. The number of halogens is 1. The van der Waals surface area contributed by atoms with Gasteiger partial charge in [0.25, 0.3) is 0 Å². The van der Waals surface area contributed by atoms with Crippen molar-refractivity contribution < 1.29 is 0 Å². The molecular formula is C14H33IN4. The molecule has 0 heterocycles. The van der Waals surface area contributed by atoms with Crippen LogP contribution in [0.1, 0.15) is 47.5 Å². The van der Waals surface area contributed by atoms with Gasteiger partial charge in [-0.3, -0.25) is 4.99 Å². The van der Waals surface area contributed by atoms with Gasteiger partial charge in [-0.25, -0.2) is 0 Å². The van der Waals surface area contributed by atoms with Gasteiger partial charge in [0.1, 0.15) is 0 Å². The quantitative estimate of drug-likeness (QED) is 0.278. The number of nitrogens with zero attached hydrogens (tertiary/aromatic N) is 2. The van der Waals surface area contributed by atoms with Gasteiger partial charge in [-0.15, -0.1) is 24.0 Å². The highest BCUT2D eigenvalue weighted by Gasteiger charge is 2.02. The van der Waals surface area contributed by atoms with Crippen LogP contribution in [0.2, 0.25) is 0 Å². The van der Waals surface area contributed by atoms with Gasteiger partial charge < -0.3 is 15.5 Å². The first-order chi connectivity index (χ1) is 8.67. The molecule has 0 aromatic carbocycles. The van der Waals surface area contributed by atoms with Gasteiger partial charge >= 0.3 is 0 Å². The van der Waals surface area contributed by atoms with Gasteiger partial charge in [-0.1, -0.05) is 20.8 Å². The Bertz CT molecular complexity index is 217. The third-order valence-corrected chi connectivity index (χ3v) is 3.14. The Morgan fingerprint density at radius 3 is 2.26 bits per heavy atom. The highest BCUT2D eigenvalue weighted by molar-refractivity contribution is 14.0. The Labute approximate surface area is 136 Å². The normalized spacial score (nSPS) is 13.1. The molecule has 0 saturated carbocycles. The van der Waals surface area contributed by atoms with Crippen LogP contribution in [0, 0.1) is 0 Å². The van der Waals surface area contributed by atoms with E-state index in [1.165, 1.54) is 0 Å². The summed E-state index contributed by atoms with van der Waals surface area (Å²) in [5, 5.41) is 6.70. The smallest absolute Gasteiger partial charge is 0.191 e. The van der Waals surface area contributed by atoms with Crippen LogP contribution in [0.25, 0.3) is 0 Å². The van der Waals surface area contributed by atoms with Gasteiger partial charge in [-0.2, -0.15) is 0 Å². The minimum Gasteiger partial charge on any atom is -0.357 e. The second-order valence-corrected chi connectivity index (χ2v) is 4.59. The maximum Gasteiger partial charge on any atom is 0.191 e. The fourth-order valence-corrected chi connectivity index (χ4v) is 1.68. The topological polar surface area (TPSA) is 39.7 Å². The van der Waals surface area contributed by atoms with Gasteiger partial charge in [0, 0.05) is 19.1 Å². The van der Waals surface area contributed by atoms with Gasteiger partial charge in [0.15, 0.2) is 5.96 Å². The molecule has 1 unspecified atom stereocenters. The summed E-state index contributed by atoms with van der Waals surface area (Å²) in [5.41, 5.74) is 0. The molecule has 0 saturated heterocycles. The molecule has 0 radical (unpaired) electrons. The summed E-state index contributed by atoms with van der Waals surface area (Å²) >= 11 is 0. The lowest BCUT2D eigenvalue weighted by molar-refractivity contribution is 0.302. The highest BCUT2D eigenvalue weighted by atomic mass is 127. The van der Waals surface area contributed by atoms with E-state index in [1.807, 2.05) is 0 Å². The SMILES string of the molecule is CCNC(=NCCCN(CC)CC)NC(C)CC.I. The Morgan fingerprint density at radius 2 is 1.79 bits per heavy atom. The molecular weight excluding hydrogens is 351 g/mol. The van der Waals surface area contributed by atoms with E-state index in [1.54, 1.807) is 0 Å². The molecule has 0 aliphatic rings. The van der Waals surface area contributed by atoms with E-state index in [9.17, 15) is 0 Å². The summed E-state index contributed by atoms with van der Waals surface area (Å²) in [7, 11) is 0. The summed E-state index contributed by atoms with van der Waals surface area (Å²) in [6.45, 7) is 16.1. The Kier molecular flexibility index (Phi) is 16.1. The Morgan fingerprint density at radius 1 is 1.16 bits per heavy atom. The van der Waals surface area contributed by atoms with Crippen molar-refractivity contribution in [2.45, 2.75) is 53.5 Å². The molecule has 0 aromatic rings. The highest BCUT2D eigenvalue weighted by Crippen LogP contribution is 1.92. The summed E-state index contributed by atoms with van der Waals surface area (Å²) < 4.78 is 0. The molecule has 0 spiro atoms. The number of hydrogen-bond acceptors (Lipinski definition) is 2. The van der Waals surface area contributed by atoms with Crippen LogP contribution in [0.4, 0.5) is 0 Å². The van der Waals surface area contributed by atoms with E-state index in [2.05, 4.69) is 55.1 Å². The van der Waals surface area contributed by atoms with Crippen LogP contribution in [-0.2, 0) is 0 Å². The molecule has 116 valence electrons. The lowest BCUT2D eigenvalue weighted by atomic mass is 10.3. The molecule has 2 N–H and O–H groups in total. The fraction of sp³-hybridized carbons (Fsp3) is 0.929. The summed E-state index contributed by atoms with van der Waals surface area (Å²) in [6, 6.07) is 0.477.